The molecule has 0 fully saturated rings. The van der Waals surface area contributed by atoms with Crippen molar-refractivity contribution in [2.45, 2.75) is 13.5 Å². The minimum absolute atomic E-state index is 0.854. The van der Waals surface area contributed by atoms with Crippen LogP contribution >= 0.6 is 22.9 Å². The molecule has 0 amide bonds. The smallest absolute Gasteiger partial charge is 0.0931 e. The van der Waals surface area contributed by atoms with E-state index in [-0.39, 0.29) is 0 Å². The Hall–Kier alpha value is -1.25. The fraction of sp³-hybridized carbons (Fsp3) is 0.143. The third-order valence-corrected chi connectivity index (χ3v) is 4.10. The van der Waals surface area contributed by atoms with Crippen molar-refractivity contribution in [2.24, 2.45) is 0 Å². The molecule has 86 valence electrons. The van der Waals surface area contributed by atoms with Gasteiger partial charge in [-0.1, -0.05) is 23.2 Å². The maximum atomic E-state index is 5.95. The standard InChI is InChI=1S/C14H12ClNS/c1-10-2-4-13-11(8-10)6-7-16(13)9-12-3-5-14(15)17-12/h2-8H,9H2,1H3. The first-order chi connectivity index (χ1) is 8.22. The van der Waals surface area contributed by atoms with Gasteiger partial charge >= 0.3 is 0 Å². The van der Waals surface area contributed by atoms with Gasteiger partial charge in [0.1, 0.15) is 0 Å². The zero-order valence-corrected chi connectivity index (χ0v) is 11.1. The van der Waals surface area contributed by atoms with Crippen molar-refractivity contribution in [1.29, 1.82) is 0 Å². The summed E-state index contributed by atoms with van der Waals surface area (Å²) in [5.74, 6) is 0. The Kier molecular flexibility index (Phi) is 2.69. The molecule has 3 heteroatoms. The van der Waals surface area contributed by atoms with Gasteiger partial charge in [-0.2, -0.15) is 0 Å². The summed E-state index contributed by atoms with van der Waals surface area (Å²) in [6.45, 7) is 3.01. The van der Waals surface area contributed by atoms with Crippen LogP contribution < -0.4 is 0 Å². The van der Waals surface area contributed by atoms with Gasteiger partial charge in [-0.3, -0.25) is 0 Å². The summed E-state index contributed by atoms with van der Waals surface area (Å²) in [7, 11) is 0. The highest BCUT2D eigenvalue weighted by Crippen LogP contribution is 2.24. The molecular weight excluding hydrogens is 250 g/mol. The second-order valence-corrected chi connectivity index (χ2v) is 6.01. The van der Waals surface area contributed by atoms with Gasteiger partial charge in [-0.25, -0.2) is 0 Å². The number of benzene rings is 1. The van der Waals surface area contributed by atoms with Crippen molar-refractivity contribution in [3.05, 3.63) is 57.4 Å². The molecule has 0 atom stereocenters. The van der Waals surface area contributed by atoms with Crippen molar-refractivity contribution >= 4 is 33.8 Å². The number of hydrogen-bond donors (Lipinski definition) is 0. The summed E-state index contributed by atoms with van der Waals surface area (Å²) in [6.07, 6.45) is 2.14. The third-order valence-electron chi connectivity index (χ3n) is 2.88. The lowest BCUT2D eigenvalue weighted by atomic mass is 10.2. The molecule has 3 rings (SSSR count). The molecule has 1 aromatic carbocycles. The van der Waals surface area contributed by atoms with Crippen LogP contribution in [-0.2, 0) is 6.54 Å². The van der Waals surface area contributed by atoms with Gasteiger partial charge in [0.25, 0.3) is 0 Å². The fourth-order valence-corrected chi connectivity index (χ4v) is 3.15. The monoisotopic (exact) mass is 261 g/mol. The van der Waals surface area contributed by atoms with Gasteiger partial charge in [0, 0.05) is 16.6 Å². The van der Waals surface area contributed by atoms with E-state index in [0.29, 0.717) is 0 Å². The fourth-order valence-electron chi connectivity index (χ4n) is 2.06. The Labute approximate surface area is 109 Å². The molecule has 0 unspecified atom stereocenters. The highest BCUT2D eigenvalue weighted by atomic mass is 35.5. The molecule has 0 aliphatic heterocycles. The molecule has 2 aromatic heterocycles. The van der Waals surface area contributed by atoms with Crippen LogP contribution in [-0.4, -0.2) is 4.57 Å². The van der Waals surface area contributed by atoms with Crippen molar-refractivity contribution < 1.29 is 0 Å². The molecule has 3 aromatic rings. The number of rotatable bonds is 2. The van der Waals surface area contributed by atoms with Crippen LogP contribution in [0.1, 0.15) is 10.4 Å². The van der Waals surface area contributed by atoms with E-state index < -0.39 is 0 Å². The number of nitrogens with zero attached hydrogens (tertiary/aromatic N) is 1. The van der Waals surface area contributed by atoms with E-state index in [1.54, 1.807) is 11.3 Å². The molecule has 2 heterocycles. The summed E-state index contributed by atoms with van der Waals surface area (Å²) in [5.41, 5.74) is 2.58. The Morgan fingerprint density at radius 3 is 2.82 bits per heavy atom. The highest BCUT2D eigenvalue weighted by Gasteiger charge is 2.03. The molecular formula is C14H12ClNS. The van der Waals surface area contributed by atoms with E-state index in [4.69, 9.17) is 11.6 Å². The van der Waals surface area contributed by atoms with E-state index in [1.165, 1.54) is 21.3 Å². The van der Waals surface area contributed by atoms with Gasteiger partial charge in [0.15, 0.2) is 0 Å². The van der Waals surface area contributed by atoms with Crippen LogP contribution in [0.3, 0.4) is 0 Å². The Balaban J connectivity index is 2.00. The van der Waals surface area contributed by atoms with E-state index >= 15 is 0 Å². The average molecular weight is 262 g/mol. The Bertz CT molecular complexity index is 666. The average Bonchev–Trinajstić information content (AvgIpc) is 2.86. The number of aromatic nitrogens is 1. The molecule has 0 bridgehead atoms. The molecule has 1 nitrogen and oxygen atoms in total. The molecule has 0 spiro atoms. The Morgan fingerprint density at radius 2 is 2.06 bits per heavy atom. The van der Waals surface area contributed by atoms with Gasteiger partial charge in [-0.15, -0.1) is 11.3 Å². The van der Waals surface area contributed by atoms with Gasteiger partial charge < -0.3 is 4.57 Å². The van der Waals surface area contributed by atoms with E-state index in [2.05, 4.69) is 48.0 Å². The SMILES string of the molecule is Cc1ccc2c(ccn2Cc2ccc(Cl)s2)c1. The van der Waals surface area contributed by atoms with Crippen molar-refractivity contribution in [1.82, 2.24) is 4.57 Å². The number of thiophene rings is 1. The van der Waals surface area contributed by atoms with Gasteiger partial charge in [0.05, 0.1) is 10.9 Å². The molecule has 0 saturated heterocycles. The predicted molar refractivity (Wildman–Crippen MR) is 75.1 cm³/mol. The maximum absolute atomic E-state index is 5.95. The van der Waals surface area contributed by atoms with Crippen LogP contribution in [0.5, 0.6) is 0 Å². The van der Waals surface area contributed by atoms with Crippen LogP contribution in [0.15, 0.2) is 42.6 Å². The third kappa shape index (κ3) is 2.11. The predicted octanol–water partition coefficient (Wildman–Crippen LogP) is 4.71. The number of hydrogen-bond acceptors (Lipinski definition) is 1. The summed E-state index contributed by atoms with van der Waals surface area (Å²) in [6, 6.07) is 12.8. The minimum atomic E-state index is 0.854. The molecule has 0 N–H and O–H groups in total. The largest absolute Gasteiger partial charge is 0.342 e. The zero-order chi connectivity index (χ0) is 11.8. The van der Waals surface area contributed by atoms with Crippen LogP contribution in [0.25, 0.3) is 10.9 Å². The number of halogens is 1. The Morgan fingerprint density at radius 1 is 1.18 bits per heavy atom. The molecule has 0 saturated carbocycles. The van der Waals surface area contributed by atoms with Crippen molar-refractivity contribution in [3.63, 3.8) is 0 Å². The second kappa shape index (κ2) is 4.21. The molecule has 0 aliphatic carbocycles. The maximum Gasteiger partial charge on any atom is 0.0931 e. The summed E-state index contributed by atoms with van der Waals surface area (Å²) >= 11 is 7.59. The normalized spacial score (nSPS) is 11.2. The number of fused-ring (bicyclic) bond motifs is 1. The van der Waals surface area contributed by atoms with Crippen LogP contribution in [0.4, 0.5) is 0 Å². The highest BCUT2D eigenvalue weighted by molar-refractivity contribution is 7.16. The second-order valence-electron chi connectivity index (χ2n) is 4.21. The first-order valence-electron chi connectivity index (χ1n) is 5.52. The lowest BCUT2D eigenvalue weighted by molar-refractivity contribution is 0.851. The van der Waals surface area contributed by atoms with Crippen LogP contribution in [0.2, 0.25) is 4.34 Å². The summed E-state index contributed by atoms with van der Waals surface area (Å²) in [5, 5.41) is 1.30. The minimum Gasteiger partial charge on any atom is -0.342 e. The topological polar surface area (TPSA) is 4.93 Å². The quantitative estimate of drug-likeness (QED) is 0.629. The van der Waals surface area contributed by atoms with E-state index in [0.717, 1.165) is 10.9 Å². The van der Waals surface area contributed by atoms with Crippen molar-refractivity contribution in [3.8, 4) is 0 Å². The summed E-state index contributed by atoms with van der Waals surface area (Å²) in [4.78, 5) is 1.29. The van der Waals surface area contributed by atoms with Gasteiger partial charge in [-0.05, 0) is 42.6 Å². The van der Waals surface area contributed by atoms with Gasteiger partial charge in [0.2, 0.25) is 0 Å². The number of aryl methyl sites for hydroxylation is 1. The molecule has 17 heavy (non-hydrogen) atoms. The van der Waals surface area contributed by atoms with E-state index in [9.17, 15) is 0 Å². The van der Waals surface area contributed by atoms with Crippen LogP contribution in [0, 0.1) is 6.92 Å². The first kappa shape index (κ1) is 10.9. The van der Waals surface area contributed by atoms with Crippen molar-refractivity contribution in [2.75, 3.05) is 0 Å². The molecule has 0 aliphatic rings. The lowest BCUT2D eigenvalue weighted by Gasteiger charge is -2.03. The first-order valence-corrected chi connectivity index (χ1v) is 6.71. The lowest BCUT2D eigenvalue weighted by Crippen LogP contribution is -1.95. The van der Waals surface area contributed by atoms with E-state index in [1.807, 2.05) is 6.07 Å². The zero-order valence-electron chi connectivity index (χ0n) is 9.48. The summed E-state index contributed by atoms with van der Waals surface area (Å²) < 4.78 is 3.11. The molecule has 0 radical (unpaired) electrons.